The number of epoxide rings is 1. The summed E-state index contributed by atoms with van der Waals surface area (Å²) in [6.45, 7) is 13.6. The lowest BCUT2D eigenvalue weighted by molar-refractivity contribution is -0.284. The summed E-state index contributed by atoms with van der Waals surface area (Å²) in [4.78, 5) is 76.1. The predicted molar refractivity (Wildman–Crippen MR) is 154 cm³/mol. The number of carbonyl (C=O) groups is 6. The van der Waals surface area contributed by atoms with Gasteiger partial charge in [0.2, 0.25) is 0 Å². The van der Waals surface area contributed by atoms with E-state index < -0.39 is 100 Å². The molecule has 46 heavy (non-hydrogen) atoms. The molecule has 1 saturated heterocycles. The zero-order valence-corrected chi connectivity index (χ0v) is 27.9. The van der Waals surface area contributed by atoms with Crippen LogP contribution in [0.4, 0.5) is 0 Å². The summed E-state index contributed by atoms with van der Waals surface area (Å²) in [6.07, 6.45) is -8.16. The van der Waals surface area contributed by atoms with Gasteiger partial charge in [-0.2, -0.15) is 0 Å². The first-order chi connectivity index (χ1) is 21.1. The molecule has 0 amide bonds. The highest BCUT2D eigenvalue weighted by atomic mass is 16.6. The van der Waals surface area contributed by atoms with Crippen molar-refractivity contribution in [3.8, 4) is 0 Å². The highest BCUT2D eigenvalue weighted by Crippen LogP contribution is 2.67. The average Bonchev–Trinajstić information content (AvgIpc) is 3.67. The predicted octanol–water partition coefficient (Wildman–Crippen LogP) is 1.86. The second kappa shape index (κ2) is 11.9. The van der Waals surface area contributed by atoms with E-state index in [4.69, 9.17) is 33.2 Å². The fourth-order valence-corrected chi connectivity index (χ4v) is 8.43. The Morgan fingerprint density at radius 1 is 0.696 bits per heavy atom. The van der Waals surface area contributed by atoms with Crippen LogP contribution >= 0.6 is 0 Å². The lowest BCUT2D eigenvalue weighted by Gasteiger charge is -2.64. The Kier molecular flexibility index (Phi) is 9.16. The summed E-state index contributed by atoms with van der Waals surface area (Å²) in [5.74, 6) is -5.60. The van der Waals surface area contributed by atoms with Gasteiger partial charge in [0.1, 0.15) is 35.6 Å². The monoisotopic (exact) mass is 652 g/mol. The summed E-state index contributed by atoms with van der Waals surface area (Å²) in [5.41, 5.74) is -5.89. The Bertz CT molecular complexity index is 1360. The minimum absolute atomic E-state index is 0.0353. The van der Waals surface area contributed by atoms with E-state index in [1.807, 2.05) is 0 Å². The molecule has 1 heterocycles. The third kappa shape index (κ3) is 5.67. The molecule has 0 radical (unpaired) electrons. The van der Waals surface area contributed by atoms with Gasteiger partial charge in [-0.1, -0.05) is 20.8 Å². The third-order valence-corrected chi connectivity index (χ3v) is 10.3. The van der Waals surface area contributed by atoms with Crippen LogP contribution in [0.2, 0.25) is 0 Å². The Labute approximate surface area is 267 Å². The molecule has 1 N–H and O–H groups in total. The van der Waals surface area contributed by atoms with Crippen molar-refractivity contribution in [1.82, 2.24) is 0 Å². The Morgan fingerprint density at radius 3 is 1.61 bits per heavy atom. The topological polar surface area (TPSA) is 191 Å². The maximum atomic E-state index is 13.1. The van der Waals surface area contributed by atoms with Crippen LogP contribution < -0.4 is 0 Å². The van der Waals surface area contributed by atoms with Crippen LogP contribution in [0.1, 0.15) is 82.1 Å². The first kappa shape index (κ1) is 35.3. The highest BCUT2D eigenvalue weighted by molar-refractivity contribution is 5.70. The molecule has 4 aliphatic rings. The number of hydrogen-bond acceptors (Lipinski definition) is 14. The van der Waals surface area contributed by atoms with E-state index in [2.05, 4.69) is 0 Å². The quantitative estimate of drug-likeness (QED) is 0.189. The average molecular weight is 653 g/mol. The number of hydrogen-bond donors (Lipinski definition) is 1. The molecule has 0 aromatic rings. The molecule has 1 spiro atoms. The minimum Gasteiger partial charge on any atom is -0.462 e. The van der Waals surface area contributed by atoms with Gasteiger partial charge >= 0.3 is 35.8 Å². The smallest absolute Gasteiger partial charge is 0.303 e. The number of fused-ring (bicyclic) bond motifs is 4. The van der Waals surface area contributed by atoms with Crippen LogP contribution in [0.15, 0.2) is 11.1 Å². The molecule has 2 bridgehead atoms. The van der Waals surface area contributed by atoms with E-state index in [9.17, 15) is 33.9 Å². The molecule has 0 unspecified atom stereocenters. The van der Waals surface area contributed by atoms with Gasteiger partial charge < -0.3 is 38.3 Å². The summed E-state index contributed by atoms with van der Waals surface area (Å²) in [7, 11) is 0. The van der Waals surface area contributed by atoms with Gasteiger partial charge in [0.05, 0.1) is 12.0 Å². The first-order valence-electron chi connectivity index (χ1n) is 15.2. The second-order valence-electron chi connectivity index (χ2n) is 13.6. The molecule has 1 aliphatic heterocycles. The van der Waals surface area contributed by atoms with Gasteiger partial charge in [0.25, 0.3) is 0 Å². The van der Waals surface area contributed by atoms with Crippen LogP contribution in [0, 0.1) is 16.7 Å². The molecule has 2 saturated carbocycles. The summed E-state index contributed by atoms with van der Waals surface area (Å²) < 4.78 is 41.5. The van der Waals surface area contributed by atoms with Crippen LogP contribution in [-0.4, -0.2) is 95.4 Å². The van der Waals surface area contributed by atoms with Crippen molar-refractivity contribution in [2.75, 3.05) is 6.61 Å². The van der Waals surface area contributed by atoms with Gasteiger partial charge in [-0.15, -0.1) is 0 Å². The van der Waals surface area contributed by atoms with Gasteiger partial charge in [-0.05, 0) is 18.1 Å². The number of rotatable bonds is 6. The Balaban J connectivity index is 2.20. The number of ether oxygens (including phenoxy) is 7. The minimum atomic E-state index is -2.09. The second-order valence-corrected chi connectivity index (χ2v) is 13.6. The Morgan fingerprint density at radius 2 is 1.15 bits per heavy atom. The fourth-order valence-electron chi connectivity index (χ4n) is 8.43. The Hall–Kier alpha value is -3.52. The largest absolute Gasteiger partial charge is 0.462 e. The first-order valence-corrected chi connectivity index (χ1v) is 15.2. The van der Waals surface area contributed by atoms with E-state index in [-0.39, 0.29) is 25.0 Å². The lowest BCUT2D eigenvalue weighted by atomic mass is 9.45. The molecule has 10 atom stereocenters. The van der Waals surface area contributed by atoms with Gasteiger partial charge in [0, 0.05) is 65.7 Å². The molecule has 4 rings (SSSR count). The lowest BCUT2D eigenvalue weighted by Crippen LogP contribution is -2.76. The van der Waals surface area contributed by atoms with E-state index in [0.717, 1.165) is 13.8 Å². The summed E-state index contributed by atoms with van der Waals surface area (Å²) in [6, 6.07) is 0. The summed E-state index contributed by atoms with van der Waals surface area (Å²) >= 11 is 0. The van der Waals surface area contributed by atoms with E-state index in [1.165, 1.54) is 27.7 Å². The van der Waals surface area contributed by atoms with Crippen molar-refractivity contribution in [1.29, 1.82) is 0 Å². The van der Waals surface area contributed by atoms with Crippen molar-refractivity contribution in [2.24, 2.45) is 16.7 Å². The normalized spacial score (nSPS) is 39.1. The highest BCUT2D eigenvalue weighted by Gasteiger charge is 2.80. The molecular formula is C32H44O14. The fraction of sp³-hybridized carbons (Fsp3) is 0.750. The molecular weight excluding hydrogens is 608 g/mol. The van der Waals surface area contributed by atoms with Crippen molar-refractivity contribution in [3.63, 3.8) is 0 Å². The van der Waals surface area contributed by atoms with Crippen molar-refractivity contribution in [2.45, 2.75) is 130 Å². The third-order valence-electron chi connectivity index (χ3n) is 10.3. The van der Waals surface area contributed by atoms with Crippen molar-refractivity contribution < 1.29 is 67.0 Å². The molecule has 0 aromatic heterocycles. The molecule has 256 valence electrons. The molecule has 3 aliphatic carbocycles. The van der Waals surface area contributed by atoms with Crippen LogP contribution in [-0.2, 0) is 61.9 Å². The molecule has 0 aromatic carbocycles. The molecule has 14 heteroatoms. The van der Waals surface area contributed by atoms with Crippen LogP contribution in [0.25, 0.3) is 0 Å². The zero-order chi connectivity index (χ0) is 34.7. The standard InChI is InChI=1S/C32H44O14/c1-14-21(41-15(2)33)12-32(39)28(46-20(7)38)26-30(10,22(42-16(3)34)11-23(43-17(4)35)31(26)13-40-31)27(45-19(6)37)25(44-18(5)36)24(14)29(32,8)9/h21-23,25-28,39H,11-13H2,1-10H3/t21-,22-,23-,25+,26-,27-,28-,30+,31+,32+/m1/s1. The van der Waals surface area contributed by atoms with Gasteiger partial charge in [-0.3, -0.25) is 28.8 Å². The maximum absolute atomic E-state index is 13.1. The number of esters is 6. The summed E-state index contributed by atoms with van der Waals surface area (Å²) in [5, 5.41) is 13.1. The molecule has 3 fully saturated rings. The van der Waals surface area contributed by atoms with E-state index in [0.29, 0.717) is 5.57 Å². The molecule has 14 nitrogen and oxygen atoms in total. The SMILES string of the molecule is CC(=O)O[C@@H]1[C@@H](OC(C)=O)C2=C(C)[C@H](OC(C)=O)C[C@](O)([C@H](OC(C)=O)[C@H]3[C@]4(CO4)[C@H](OC(C)=O)C[C@@H](OC(C)=O)[C@]13C)C2(C)C. The number of aliphatic hydroxyl groups is 1. The van der Waals surface area contributed by atoms with E-state index >= 15 is 0 Å². The van der Waals surface area contributed by atoms with E-state index in [1.54, 1.807) is 27.7 Å². The zero-order valence-electron chi connectivity index (χ0n) is 27.9. The number of carbonyl (C=O) groups excluding carboxylic acids is 6. The van der Waals surface area contributed by atoms with Gasteiger partial charge in [-0.25, -0.2) is 0 Å². The van der Waals surface area contributed by atoms with Crippen LogP contribution in [0.3, 0.4) is 0 Å². The van der Waals surface area contributed by atoms with Crippen LogP contribution in [0.5, 0.6) is 0 Å². The van der Waals surface area contributed by atoms with Crippen molar-refractivity contribution in [3.05, 3.63) is 11.1 Å². The van der Waals surface area contributed by atoms with Gasteiger partial charge in [0.15, 0.2) is 12.2 Å². The van der Waals surface area contributed by atoms with Crippen molar-refractivity contribution >= 4 is 35.8 Å². The maximum Gasteiger partial charge on any atom is 0.303 e.